The van der Waals surface area contributed by atoms with Crippen LogP contribution in [0, 0.1) is 0 Å². The van der Waals surface area contributed by atoms with Crippen molar-refractivity contribution in [2.75, 3.05) is 27.9 Å². The van der Waals surface area contributed by atoms with E-state index in [9.17, 15) is 4.79 Å². The van der Waals surface area contributed by atoms with Crippen LogP contribution in [0.3, 0.4) is 0 Å². The van der Waals surface area contributed by atoms with Crippen molar-refractivity contribution in [3.8, 4) is 11.5 Å². The van der Waals surface area contributed by atoms with Crippen molar-refractivity contribution in [2.24, 2.45) is 0 Å². The van der Waals surface area contributed by atoms with E-state index in [1.165, 1.54) is 0 Å². The molecule has 1 aliphatic heterocycles. The average Bonchev–Trinajstić information content (AvgIpc) is 2.58. The molecule has 1 atom stereocenters. The van der Waals surface area contributed by atoms with Gasteiger partial charge in [-0.3, -0.25) is 0 Å². The number of ether oxygens (including phenoxy) is 3. The van der Waals surface area contributed by atoms with Crippen LogP contribution in [-0.4, -0.2) is 43.9 Å². The summed E-state index contributed by atoms with van der Waals surface area (Å²) < 4.78 is 15.9. The van der Waals surface area contributed by atoms with E-state index in [1.54, 1.807) is 32.1 Å². The maximum atomic E-state index is 12.5. The van der Waals surface area contributed by atoms with Crippen molar-refractivity contribution >= 4 is 23.3 Å². The van der Waals surface area contributed by atoms with Gasteiger partial charge < -0.3 is 24.4 Å². The Bertz CT molecular complexity index is 687. The molecule has 0 unspecified atom stereocenters. The summed E-state index contributed by atoms with van der Waals surface area (Å²) in [6.45, 7) is 3.94. The van der Waals surface area contributed by atoms with Gasteiger partial charge in [0.05, 0.1) is 32.4 Å². The first kappa shape index (κ1) is 18.1. The van der Waals surface area contributed by atoms with Gasteiger partial charge in [0, 0.05) is 12.7 Å². The third kappa shape index (κ3) is 3.31. The summed E-state index contributed by atoms with van der Waals surface area (Å²) in [6, 6.07) is 5.10. The van der Waals surface area contributed by atoms with E-state index in [0.29, 0.717) is 28.8 Å². The molecule has 1 aliphatic rings. The summed E-state index contributed by atoms with van der Waals surface area (Å²) in [4.78, 5) is 14.2. The Morgan fingerprint density at radius 2 is 1.96 bits per heavy atom. The number of rotatable bonds is 5. The van der Waals surface area contributed by atoms with Crippen molar-refractivity contribution in [1.29, 1.82) is 0 Å². The SMILES string of the molecule is CCOC(=O)C1=C(C)N(C)C(=S)N[C@H]1c1ccc(OC)c(OC)c1. The van der Waals surface area contributed by atoms with Crippen molar-refractivity contribution < 1.29 is 19.0 Å². The number of hydrogen-bond donors (Lipinski definition) is 1. The number of nitrogens with zero attached hydrogens (tertiary/aromatic N) is 1. The number of esters is 1. The molecule has 1 aromatic carbocycles. The van der Waals surface area contributed by atoms with Crippen LogP contribution >= 0.6 is 12.2 Å². The molecule has 0 bridgehead atoms. The Morgan fingerprint density at radius 3 is 2.54 bits per heavy atom. The van der Waals surface area contributed by atoms with E-state index in [4.69, 9.17) is 26.4 Å². The fraction of sp³-hybridized carbons (Fsp3) is 0.412. The lowest BCUT2D eigenvalue weighted by Crippen LogP contribution is -2.46. The minimum atomic E-state index is -0.410. The number of allylic oxidation sites excluding steroid dienone is 1. The summed E-state index contributed by atoms with van der Waals surface area (Å²) in [5, 5.41) is 3.74. The van der Waals surface area contributed by atoms with Gasteiger partial charge >= 0.3 is 5.97 Å². The maximum absolute atomic E-state index is 12.5. The lowest BCUT2D eigenvalue weighted by molar-refractivity contribution is -0.139. The first-order chi connectivity index (χ1) is 11.4. The van der Waals surface area contributed by atoms with Gasteiger partial charge in [-0.1, -0.05) is 6.07 Å². The standard InChI is InChI=1S/C17H22N2O4S/c1-6-23-16(20)14-10(2)19(3)17(24)18-15(14)11-7-8-12(21-4)13(9-11)22-5/h7-9,15H,6H2,1-5H3,(H,18,24)/t15-/m0/s1. The van der Waals surface area contributed by atoms with Gasteiger partial charge in [0.2, 0.25) is 0 Å². The summed E-state index contributed by atoms with van der Waals surface area (Å²) in [6.07, 6.45) is 0. The minimum Gasteiger partial charge on any atom is -0.493 e. The van der Waals surface area contributed by atoms with E-state index >= 15 is 0 Å². The van der Waals surface area contributed by atoms with Crippen LogP contribution in [-0.2, 0) is 9.53 Å². The van der Waals surface area contributed by atoms with Gasteiger partial charge in [-0.25, -0.2) is 4.79 Å². The monoisotopic (exact) mass is 350 g/mol. The van der Waals surface area contributed by atoms with Crippen molar-refractivity contribution in [1.82, 2.24) is 10.2 Å². The zero-order chi connectivity index (χ0) is 17.9. The third-order valence-electron chi connectivity index (χ3n) is 3.99. The van der Waals surface area contributed by atoms with E-state index in [-0.39, 0.29) is 5.97 Å². The highest BCUT2D eigenvalue weighted by atomic mass is 32.1. The zero-order valence-electron chi connectivity index (χ0n) is 14.5. The summed E-state index contributed by atoms with van der Waals surface area (Å²) in [5.41, 5.74) is 2.13. The summed E-state index contributed by atoms with van der Waals surface area (Å²) in [5.74, 6) is 0.842. The van der Waals surface area contributed by atoms with Crippen molar-refractivity contribution in [3.05, 3.63) is 35.0 Å². The molecule has 130 valence electrons. The van der Waals surface area contributed by atoms with Crippen LogP contribution in [0.5, 0.6) is 11.5 Å². The normalized spacial score (nSPS) is 17.5. The Morgan fingerprint density at radius 1 is 1.29 bits per heavy atom. The lowest BCUT2D eigenvalue weighted by atomic mass is 9.95. The molecular formula is C17H22N2O4S. The molecule has 0 amide bonds. The third-order valence-corrected chi connectivity index (χ3v) is 4.38. The zero-order valence-corrected chi connectivity index (χ0v) is 15.3. The summed E-state index contributed by atoms with van der Waals surface area (Å²) in [7, 11) is 4.96. The number of carbonyl (C=O) groups is 1. The van der Waals surface area contributed by atoms with Gasteiger partial charge in [-0.05, 0) is 43.8 Å². The predicted molar refractivity (Wildman–Crippen MR) is 95.1 cm³/mol. The fourth-order valence-electron chi connectivity index (χ4n) is 2.59. The number of thiocarbonyl (C=S) groups is 1. The molecule has 2 rings (SSSR count). The van der Waals surface area contributed by atoms with E-state index < -0.39 is 6.04 Å². The maximum Gasteiger partial charge on any atom is 0.338 e. The molecule has 0 saturated heterocycles. The van der Waals surface area contributed by atoms with Crippen LogP contribution in [0.1, 0.15) is 25.5 Å². The molecule has 0 aliphatic carbocycles. The molecule has 1 aromatic rings. The largest absolute Gasteiger partial charge is 0.493 e. The van der Waals surface area contributed by atoms with Gasteiger partial charge in [0.25, 0.3) is 0 Å². The molecule has 1 heterocycles. The second kappa shape index (κ2) is 7.53. The van der Waals surface area contributed by atoms with Crippen LogP contribution in [0.2, 0.25) is 0 Å². The van der Waals surface area contributed by atoms with Crippen LogP contribution in [0.25, 0.3) is 0 Å². The quantitative estimate of drug-likeness (QED) is 0.646. The second-order valence-corrected chi connectivity index (χ2v) is 5.66. The number of carbonyl (C=O) groups excluding carboxylic acids is 1. The van der Waals surface area contributed by atoms with E-state index in [1.807, 2.05) is 26.1 Å². The van der Waals surface area contributed by atoms with E-state index in [2.05, 4.69) is 5.32 Å². The molecule has 0 fully saturated rings. The van der Waals surface area contributed by atoms with Gasteiger partial charge in [0.15, 0.2) is 16.6 Å². The first-order valence-electron chi connectivity index (χ1n) is 7.58. The molecule has 24 heavy (non-hydrogen) atoms. The smallest absolute Gasteiger partial charge is 0.338 e. The Kier molecular flexibility index (Phi) is 5.66. The molecule has 0 saturated carbocycles. The molecule has 7 heteroatoms. The van der Waals surface area contributed by atoms with Gasteiger partial charge in [-0.2, -0.15) is 0 Å². The van der Waals surface area contributed by atoms with E-state index in [0.717, 1.165) is 11.3 Å². The Hall–Kier alpha value is -2.28. The molecular weight excluding hydrogens is 328 g/mol. The Labute approximate surface area is 147 Å². The first-order valence-corrected chi connectivity index (χ1v) is 7.99. The van der Waals surface area contributed by atoms with Crippen LogP contribution in [0.15, 0.2) is 29.5 Å². The summed E-state index contributed by atoms with van der Waals surface area (Å²) >= 11 is 5.37. The number of benzene rings is 1. The van der Waals surface area contributed by atoms with Crippen LogP contribution in [0.4, 0.5) is 0 Å². The van der Waals surface area contributed by atoms with Gasteiger partial charge in [0.1, 0.15) is 0 Å². The number of hydrogen-bond acceptors (Lipinski definition) is 5. The average molecular weight is 350 g/mol. The van der Waals surface area contributed by atoms with Crippen molar-refractivity contribution in [3.63, 3.8) is 0 Å². The van der Waals surface area contributed by atoms with Crippen molar-refractivity contribution in [2.45, 2.75) is 19.9 Å². The predicted octanol–water partition coefficient (Wildman–Crippen LogP) is 2.40. The molecule has 0 aromatic heterocycles. The molecule has 1 N–H and O–H groups in total. The fourth-order valence-corrected chi connectivity index (χ4v) is 2.85. The van der Waals surface area contributed by atoms with Gasteiger partial charge in [-0.15, -0.1) is 0 Å². The molecule has 0 spiro atoms. The Balaban J connectivity index is 2.53. The van der Waals surface area contributed by atoms with Crippen LogP contribution < -0.4 is 14.8 Å². The molecule has 6 nitrogen and oxygen atoms in total. The highest BCUT2D eigenvalue weighted by Crippen LogP contribution is 2.35. The number of methoxy groups -OCH3 is 2. The minimum absolute atomic E-state index is 0.308. The highest BCUT2D eigenvalue weighted by Gasteiger charge is 2.33. The topological polar surface area (TPSA) is 60.0 Å². The molecule has 0 radical (unpaired) electrons. The number of nitrogens with one attached hydrogen (secondary N) is 1. The highest BCUT2D eigenvalue weighted by molar-refractivity contribution is 7.80. The second-order valence-electron chi connectivity index (χ2n) is 5.28. The lowest BCUT2D eigenvalue weighted by Gasteiger charge is -2.35.